The van der Waals surface area contributed by atoms with Crippen LogP contribution in [0.25, 0.3) is 0 Å². The standard InChI is InChI=1S/C10H17NO7/c1-11-4(9(13)14)5(12)6-7-8(17-3-16-7)10(15-2)18-6/h4-8,10-12H,3H2,1-2H3,(H,13,14)/t4-,5-,6+,7+,8+,10+/m0/s1. The van der Waals surface area contributed by atoms with Crippen LogP contribution in [-0.4, -0.2) is 73.9 Å². The number of ether oxygens (including phenoxy) is 4. The van der Waals surface area contributed by atoms with Gasteiger partial charge in [0.15, 0.2) is 6.29 Å². The summed E-state index contributed by atoms with van der Waals surface area (Å²) >= 11 is 0. The van der Waals surface area contributed by atoms with Crippen molar-refractivity contribution in [2.24, 2.45) is 0 Å². The lowest BCUT2D eigenvalue weighted by atomic mass is 10.00. The predicted molar refractivity (Wildman–Crippen MR) is 56.8 cm³/mol. The molecule has 2 aliphatic rings. The number of carboxylic acid groups (broad SMARTS) is 1. The molecule has 8 heteroatoms. The Hall–Kier alpha value is -0.770. The zero-order chi connectivity index (χ0) is 13.3. The van der Waals surface area contributed by atoms with Gasteiger partial charge >= 0.3 is 5.97 Å². The van der Waals surface area contributed by atoms with Crippen LogP contribution in [0.5, 0.6) is 0 Å². The molecule has 8 nitrogen and oxygen atoms in total. The van der Waals surface area contributed by atoms with E-state index in [9.17, 15) is 9.90 Å². The van der Waals surface area contributed by atoms with Crippen LogP contribution in [0.15, 0.2) is 0 Å². The van der Waals surface area contributed by atoms with Gasteiger partial charge in [-0.25, -0.2) is 0 Å². The van der Waals surface area contributed by atoms with Crippen LogP contribution in [0.4, 0.5) is 0 Å². The van der Waals surface area contributed by atoms with Gasteiger partial charge in [0, 0.05) is 7.11 Å². The van der Waals surface area contributed by atoms with E-state index >= 15 is 0 Å². The van der Waals surface area contributed by atoms with E-state index in [1.54, 1.807) is 0 Å². The first-order valence-electron chi connectivity index (χ1n) is 5.59. The number of aliphatic hydroxyl groups is 1. The number of aliphatic carboxylic acids is 1. The van der Waals surface area contributed by atoms with Crippen molar-refractivity contribution in [1.82, 2.24) is 5.32 Å². The number of fused-ring (bicyclic) bond motifs is 1. The van der Waals surface area contributed by atoms with Gasteiger partial charge in [-0.05, 0) is 7.05 Å². The Morgan fingerprint density at radius 3 is 2.67 bits per heavy atom. The van der Waals surface area contributed by atoms with Crippen LogP contribution < -0.4 is 5.32 Å². The minimum atomic E-state index is -1.26. The summed E-state index contributed by atoms with van der Waals surface area (Å²) < 4.78 is 21.1. The maximum absolute atomic E-state index is 11.0. The molecule has 0 aromatic carbocycles. The molecule has 0 aromatic rings. The van der Waals surface area contributed by atoms with Gasteiger partial charge in [0.2, 0.25) is 0 Å². The van der Waals surface area contributed by atoms with Gasteiger partial charge in [-0.2, -0.15) is 0 Å². The van der Waals surface area contributed by atoms with Crippen molar-refractivity contribution in [1.29, 1.82) is 0 Å². The number of likely N-dealkylation sites (N-methyl/N-ethyl adjacent to an activating group) is 1. The zero-order valence-electron chi connectivity index (χ0n) is 10.1. The van der Waals surface area contributed by atoms with E-state index in [0.717, 1.165) is 0 Å². The second kappa shape index (κ2) is 5.47. The Bertz CT molecular complexity index is 313. The Labute approximate surface area is 104 Å². The summed E-state index contributed by atoms with van der Waals surface area (Å²) in [5.74, 6) is -1.16. The van der Waals surface area contributed by atoms with Gasteiger partial charge in [-0.15, -0.1) is 0 Å². The molecule has 0 radical (unpaired) electrons. The minimum Gasteiger partial charge on any atom is -0.480 e. The first-order chi connectivity index (χ1) is 8.60. The molecule has 2 fully saturated rings. The third-order valence-electron chi connectivity index (χ3n) is 3.22. The fourth-order valence-electron chi connectivity index (χ4n) is 2.31. The molecule has 0 unspecified atom stereocenters. The highest BCUT2D eigenvalue weighted by atomic mass is 16.8. The quantitative estimate of drug-likeness (QED) is 0.530. The van der Waals surface area contributed by atoms with Crippen molar-refractivity contribution in [3.8, 4) is 0 Å². The van der Waals surface area contributed by atoms with Crippen LogP contribution >= 0.6 is 0 Å². The van der Waals surface area contributed by atoms with E-state index in [1.165, 1.54) is 14.2 Å². The molecule has 0 spiro atoms. The van der Waals surface area contributed by atoms with Crippen molar-refractivity contribution in [3.63, 3.8) is 0 Å². The third-order valence-corrected chi connectivity index (χ3v) is 3.22. The number of hydrogen-bond acceptors (Lipinski definition) is 7. The Kier molecular flexibility index (Phi) is 4.15. The molecule has 0 aliphatic carbocycles. The van der Waals surface area contributed by atoms with Crippen molar-refractivity contribution in [3.05, 3.63) is 0 Å². The van der Waals surface area contributed by atoms with E-state index in [0.29, 0.717) is 0 Å². The molecule has 2 aliphatic heterocycles. The lowest BCUT2D eigenvalue weighted by Crippen LogP contribution is -2.53. The molecular weight excluding hydrogens is 246 g/mol. The number of nitrogens with one attached hydrogen (secondary N) is 1. The average Bonchev–Trinajstić information content (AvgIpc) is 2.89. The molecule has 104 valence electrons. The predicted octanol–water partition coefficient (Wildman–Crippen LogP) is -1.87. The number of carboxylic acids is 1. The number of hydrogen-bond donors (Lipinski definition) is 3. The number of carbonyl (C=O) groups is 1. The third kappa shape index (κ3) is 2.22. The highest BCUT2D eigenvalue weighted by Crippen LogP contribution is 2.33. The van der Waals surface area contributed by atoms with Crippen LogP contribution in [-0.2, 0) is 23.7 Å². The fraction of sp³-hybridized carbons (Fsp3) is 0.900. The zero-order valence-corrected chi connectivity index (χ0v) is 10.1. The van der Waals surface area contributed by atoms with Gasteiger partial charge in [-0.3, -0.25) is 4.79 Å². The van der Waals surface area contributed by atoms with Crippen molar-refractivity contribution >= 4 is 5.97 Å². The molecule has 2 rings (SSSR count). The molecule has 0 aromatic heterocycles. The Balaban J connectivity index is 2.10. The van der Waals surface area contributed by atoms with Crippen molar-refractivity contribution in [2.45, 2.75) is 36.7 Å². The smallest absolute Gasteiger partial charge is 0.323 e. The van der Waals surface area contributed by atoms with Gasteiger partial charge in [0.1, 0.15) is 37.3 Å². The van der Waals surface area contributed by atoms with E-state index in [4.69, 9.17) is 24.1 Å². The molecule has 18 heavy (non-hydrogen) atoms. The van der Waals surface area contributed by atoms with E-state index in [-0.39, 0.29) is 6.79 Å². The Morgan fingerprint density at radius 1 is 1.44 bits per heavy atom. The summed E-state index contributed by atoms with van der Waals surface area (Å²) in [5, 5.41) is 21.6. The normalized spacial score (nSPS) is 38.4. The van der Waals surface area contributed by atoms with Crippen molar-refractivity contribution in [2.75, 3.05) is 21.0 Å². The van der Waals surface area contributed by atoms with Crippen LogP contribution in [0.3, 0.4) is 0 Å². The molecular formula is C10H17NO7. The fourth-order valence-corrected chi connectivity index (χ4v) is 2.31. The summed E-state index contributed by atoms with van der Waals surface area (Å²) in [5.41, 5.74) is 0. The lowest BCUT2D eigenvalue weighted by Gasteiger charge is -2.26. The first kappa shape index (κ1) is 13.7. The van der Waals surface area contributed by atoms with Gasteiger partial charge in [0.25, 0.3) is 0 Å². The molecule has 0 bridgehead atoms. The molecule has 0 amide bonds. The van der Waals surface area contributed by atoms with Crippen molar-refractivity contribution < 1.29 is 34.0 Å². The van der Waals surface area contributed by atoms with Gasteiger partial charge < -0.3 is 34.5 Å². The van der Waals surface area contributed by atoms with Crippen LogP contribution in [0, 0.1) is 0 Å². The maximum Gasteiger partial charge on any atom is 0.323 e. The van der Waals surface area contributed by atoms with Crippen LogP contribution in [0.1, 0.15) is 0 Å². The van der Waals surface area contributed by atoms with E-state index in [2.05, 4.69) is 5.32 Å². The molecule has 2 heterocycles. The summed E-state index contributed by atoms with van der Waals surface area (Å²) in [6.07, 6.45) is -3.71. The molecule has 2 saturated heterocycles. The summed E-state index contributed by atoms with van der Waals surface area (Å²) in [7, 11) is 2.90. The Morgan fingerprint density at radius 2 is 2.11 bits per heavy atom. The second-order valence-electron chi connectivity index (χ2n) is 4.18. The molecule has 0 saturated carbocycles. The van der Waals surface area contributed by atoms with Crippen LogP contribution in [0.2, 0.25) is 0 Å². The average molecular weight is 263 g/mol. The highest BCUT2D eigenvalue weighted by Gasteiger charge is 2.54. The van der Waals surface area contributed by atoms with Gasteiger partial charge in [0.05, 0.1) is 0 Å². The number of methoxy groups -OCH3 is 1. The topological polar surface area (TPSA) is 106 Å². The van der Waals surface area contributed by atoms with Gasteiger partial charge in [-0.1, -0.05) is 0 Å². The largest absolute Gasteiger partial charge is 0.480 e. The summed E-state index contributed by atoms with van der Waals surface area (Å²) in [4.78, 5) is 11.0. The summed E-state index contributed by atoms with van der Waals surface area (Å²) in [6, 6.07) is -1.14. The number of rotatable bonds is 5. The SMILES string of the molecule is CN[C@H](C(=O)O)[C@H](O)[C@H]1O[C@@H](OC)[C@@H]2OCO[C@H]12. The van der Waals surface area contributed by atoms with E-state index < -0.39 is 42.7 Å². The summed E-state index contributed by atoms with van der Waals surface area (Å²) in [6.45, 7) is 0.0824. The highest BCUT2D eigenvalue weighted by molar-refractivity contribution is 5.74. The monoisotopic (exact) mass is 263 g/mol. The minimum absolute atomic E-state index is 0.0824. The first-order valence-corrected chi connectivity index (χ1v) is 5.59. The number of aliphatic hydroxyl groups excluding tert-OH is 1. The maximum atomic E-state index is 11.0. The lowest BCUT2D eigenvalue weighted by molar-refractivity contribution is -0.193. The molecule has 6 atom stereocenters. The second-order valence-corrected chi connectivity index (χ2v) is 4.18. The molecule has 3 N–H and O–H groups in total. The van der Waals surface area contributed by atoms with E-state index in [1.807, 2.05) is 0 Å².